The second kappa shape index (κ2) is 4.80. The average Bonchev–Trinajstić information content (AvgIpc) is 2.86. The van der Waals surface area contributed by atoms with E-state index >= 15 is 0 Å². The van der Waals surface area contributed by atoms with Crippen LogP contribution in [0.4, 0.5) is 0 Å². The van der Waals surface area contributed by atoms with E-state index in [1.165, 1.54) is 5.56 Å². The molecule has 1 amide bonds. The lowest BCUT2D eigenvalue weighted by atomic mass is 9.96. The molecule has 4 heteroatoms. The Hall–Kier alpha value is -2.23. The van der Waals surface area contributed by atoms with Gasteiger partial charge in [-0.25, -0.2) is 9.97 Å². The molecule has 0 radical (unpaired) electrons. The summed E-state index contributed by atoms with van der Waals surface area (Å²) in [4.78, 5) is 19.6. The van der Waals surface area contributed by atoms with Crippen LogP contribution in [0.3, 0.4) is 0 Å². The van der Waals surface area contributed by atoms with Crippen LogP contribution < -0.4 is 5.32 Å². The first-order chi connectivity index (χ1) is 9.22. The predicted octanol–water partition coefficient (Wildman–Crippen LogP) is 2.06. The summed E-state index contributed by atoms with van der Waals surface area (Å²) in [6.45, 7) is 2.69. The number of rotatable bonds is 2. The van der Waals surface area contributed by atoms with E-state index in [1.807, 2.05) is 13.0 Å². The Balaban J connectivity index is 1.85. The van der Waals surface area contributed by atoms with Gasteiger partial charge in [-0.05, 0) is 18.6 Å². The number of carbonyl (C=O) groups is 1. The van der Waals surface area contributed by atoms with Gasteiger partial charge in [-0.3, -0.25) is 4.79 Å². The minimum Gasteiger partial charge on any atom is -0.355 e. The lowest BCUT2D eigenvalue weighted by molar-refractivity contribution is -0.119. The summed E-state index contributed by atoms with van der Waals surface area (Å²) >= 11 is 0. The quantitative estimate of drug-likeness (QED) is 0.891. The number of hydrogen-bond donors (Lipinski definition) is 1. The van der Waals surface area contributed by atoms with E-state index in [0.29, 0.717) is 12.3 Å². The van der Waals surface area contributed by atoms with E-state index < -0.39 is 0 Å². The topological polar surface area (TPSA) is 54.9 Å². The number of benzene rings is 1. The summed E-state index contributed by atoms with van der Waals surface area (Å²) < 4.78 is 0. The van der Waals surface area contributed by atoms with Crippen molar-refractivity contribution in [1.82, 2.24) is 15.3 Å². The predicted molar refractivity (Wildman–Crippen MR) is 72.6 cm³/mol. The van der Waals surface area contributed by atoms with Gasteiger partial charge in [0.05, 0.1) is 5.69 Å². The van der Waals surface area contributed by atoms with Crippen molar-refractivity contribution in [3.8, 4) is 11.3 Å². The zero-order valence-corrected chi connectivity index (χ0v) is 10.8. The normalized spacial score (nSPS) is 18.4. The van der Waals surface area contributed by atoms with Gasteiger partial charge in [0.25, 0.3) is 0 Å². The molecule has 2 heterocycles. The molecule has 0 bridgehead atoms. The first-order valence-electron chi connectivity index (χ1n) is 6.38. The van der Waals surface area contributed by atoms with Crippen molar-refractivity contribution in [3.63, 3.8) is 0 Å². The van der Waals surface area contributed by atoms with Crippen LogP contribution in [0.25, 0.3) is 11.3 Å². The average molecular weight is 253 g/mol. The van der Waals surface area contributed by atoms with Crippen LogP contribution in [0.2, 0.25) is 0 Å². The Labute approximate surface area is 111 Å². The SMILES string of the molecule is Cc1cc(-c2ccc(C3CNC(=O)C3)cc2)ncn1. The van der Waals surface area contributed by atoms with Gasteiger partial charge in [0.15, 0.2) is 0 Å². The molecular formula is C15H15N3O. The van der Waals surface area contributed by atoms with Crippen LogP contribution in [0.15, 0.2) is 36.7 Å². The highest BCUT2D eigenvalue weighted by molar-refractivity contribution is 5.79. The van der Waals surface area contributed by atoms with Gasteiger partial charge < -0.3 is 5.32 Å². The Bertz CT molecular complexity index is 607. The van der Waals surface area contributed by atoms with Gasteiger partial charge in [-0.15, -0.1) is 0 Å². The molecule has 1 aliphatic rings. The minimum absolute atomic E-state index is 0.139. The smallest absolute Gasteiger partial charge is 0.220 e. The molecule has 1 atom stereocenters. The molecule has 0 spiro atoms. The molecular weight excluding hydrogens is 238 g/mol. The van der Waals surface area contributed by atoms with E-state index in [9.17, 15) is 4.79 Å². The van der Waals surface area contributed by atoms with Gasteiger partial charge in [0.1, 0.15) is 6.33 Å². The van der Waals surface area contributed by atoms with Gasteiger partial charge in [-0.1, -0.05) is 24.3 Å². The highest BCUT2D eigenvalue weighted by Crippen LogP contribution is 2.25. The van der Waals surface area contributed by atoms with E-state index in [2.05, 4.69) is 39.6 Å². The first kappa shape index (κ1) is 11.8. The van der Waals surface area contributed by atoms with E-state index in [1.54, 1.807) is 6.33 Å². The second-order valence-corrected chi connectivity index (χ2v) is 4.87. The number of hydrogen-bond acceptors (Lipinski definition) is 3. The molecule has 2 aromatic rings. The van der Waals surface area contributed by atoms with Crippen molar-refractivity contribution in [2.75, 3.05) is 6.54 Å². The molecule has 19 heavy (non-hydrogen) atoms. The molecule has 1 fully saturated rings. The van der Waals surface area contributed by atoms with E-state index in [-0.39, 0.29) is 5.91 Å². The Morgan fingerprint density at radius 1 is 1.21 bits per heavy atom. The summed E-state index contributed by atoms with van der Waals surface area (Å²) in [7, 11) is 0. The highest BCUT2D eigenvalue weighted by atomic mass is 16.1. The molecule has 0 saturated carbocycles. The van der Waals surface area contributed by atoms with Gasteiger partial charge in [-0.2, -0.15) is 0 Å². The third-order valence-electron chi connectivity index (χ3n) is 3.46. The summed E-state index contributed by atoms with van der Waals surface area (Å²) in [6, 6.07) is 10.2. The number of aryl methyl sites for hydroxylation is 1. The summed E-state index contributed by atoms with van der Waals surface area (Å²) in [5.41, 5.74) is 4.17. The molecule has 1 aliphatic heterocycles. The minimum atomic E-state index is 0.139. The number of aromatic nitrogens is 2. The monoisotopic (exact) mass is 253 g/mol. The van der Waals surface area contributed by atoms with E-state index in [0.717, 1.165) is 23.5 Å². The zero-order chi connectivity index (χ0) is 13.2. The fraction of sp³-hybridized carbons (Fsp3) is 0.267. The highest BCUT2D eigenvalue weighted by Gasteiger charge is 2.22. The van der Waals surface area contributed by atoms with Crippen molar-refractivity contribution >= 4 is 5.91 Å². The number of nitrogens with zero attached hydrogens (tertiary/aromatic N) is 2. The van der Waals surface area contributed by atoms with Crippen molar-refractivity contribution in [2.24, 2.45) is 0 Å². The number of carbonyl (C=O) groups excluding carboxylic acids is 1. The molecule has 1 unspecified atom stereocenters. The third kappa shape index (κ3) is 2.47. The third-order valence-corrected chi connectivity index (χ3v) is 3.46. The zero-order valence-electron chi connectivity index (χ0n) is 10.8. The van der Waals surface area contributed by atoms with Crippen LogP contribution in [-0.4, -0.2) is 22.4 Å². The fourth-order valence-corrected chi connectivity index (χ4v) is 2.38. The second-order valence-electron chi connectivity index (χ2n) is 4.87. The molecule has 3 rings (SSSR count). The Kier molecular flexibility index (Phi) is 2.99. The van der Waals surface area contributed by atoms with Crippen LogP contribution in [0, 0.1) is 6.92 Å². The molecule has 4 nitrogen and oxygen atoms in total. The molecule has 1 saturated heterocycles. The first-order valence-corrected chi connectivity index (χ1v) is 6.38. The van der Waals surface area contributed by atoms with Gasteiger partial charge >= 0.3 is 0 Å². The van der Waals surface area contributed by atoms with Crippen LogP contribution in [-0.2, 0) is 4.79 Å². The maximum absolute atomic E-state index is 11.2. The van der Waals surface area contributed by atoms with Crippen LogP contribution in [0.1, 0.15) is 23.6 Å². The molecule has 0 aliphatic carbocycles. The van der Waals surface area contributed by atoms with Gasteiger partial charge in [0.2, 0.25) is 5.91 Å². The summed E-state index contributed by atoms with van der Waals surface area (Å²) in [5, 5.41) is 2.86. The molecule has 1 N–H and O–H groups in total. The van der Waals surface area contributed by atoms with Gasteiger partial charge in [0, 0.05) is 30.1 Å². The number of nitrogens with one attached hydrogen (secondary N) is 1. The van der Waals surface area contributed by atoms with Crippen molar-refractivity contribution in [3.05, 3.63) is 47.9 Å². The molecule has 1 aromatic carbocycles. The van der Waals surface area contributed by atoms with E-state index in [4.69, 9.17) is 0 Å². The van der Waals surface area contributed by atoms with Crippen molar-refractivity contribution in [2.45, 2.75) is 19.3 Å². The fourth-order valence-electron chi connectivity index (χ4n) is 2.38. The van der Waals surface area contributed by atoms with Crippen LogP contribution in [0.5, 0.6) is 0 Å². The van der Waals surface area contributed by atoms with Crippen molar-refractivity contribution < 1.29 is 4.79 Å². The standard InChI is InChI=1S/C15H15N3O/c1-10-6-14(18-9-17-10)12-4-2-11(3-5-12)13-7-15(19)16-8-13/h2-6,9,13H,7-8H2,1H3,(H,16,19). The summed E-state index contributed by atoms with van der Waals surface area (Å²) in [6.07, 6.45) is 2.17. The van der Waals surface area contributed by atoms with Crippen molar-refractivity contribution in [1.29, 1.82) is 0 Å². The lowest BCUT2D eigenvalue weighted by Crippen LogP contribution is -2.13. The molecule has 1 aromatic heterocycles. The largest absolute Gasteiger partial charge is 0.355 e. The van der Waals surface area contributed by atoms with Crippen LogP contribution >= 0.6 is 0 Å². The Morgan fingerprint density at radius 3 is 2.63 bits per heavy atom. The maximum atomic E-state index is 11.2. The molecule has 96 valence electrons. The lowest BCUT2D eigenvalue weighted by Gasteiger charge is -2.08. The maximum Gasteiger partial charge on any atom is 0.220 e. The number of amides is 1. The Morgan fingerprint density at radius 2 is 2.00 bits per heavy atom. The summed E-state index contributed by atoms with van der Waals surface area (Å²) in [5.74, 6) is 0.439.